The summed E-state index contributed by atoms with van der Waals surface area (Å²) in [4.78, 5) is 7.07. The van der Waals surface area contributed by atoms with Crippen LogP contribution in [0.3, 0.4) is 0 Å². The van der Waals surface area contributed by atoms with Crippen LogP contribution in [0.1, 0.15) is 24.8 Å². The van der Waals surface area contributed by atoms with Crippen LogP contribution in [0.25, 0.3) is 0 Å². The maximum Gasteiger partial charge on any atom is 0.128 e. The van der Waals surface area contributed by atoms with Crippen molar-refractivity contribution in [2.24, 2.45) is 11.7 Å². The number of anilines is 1. The van der Waals surface area contributed by atoms with E-state index >= 15 is 0 Å². The summed E-state index contributed by atoms with van der Waals surface area (Å²) in [6, 6.07) is 3.89. The lowest BCUT2D eigenvalue weighted by Gasteiger charge is -2.33. The number of aliphatic hydroxyl groups excluding tert-OH is 1. The molecule has 0 aliphatic carbocycles. The molecule has 1 atom stereocenters. The van der Waals surface area contributed by atoms with Crippen LogP contribution in [-0.2, 0) is 0 Å². The Morgan fingerprint density at radius 1 is 1.56 bits per heavy atom. The molecule has 18 heavy (non-hydrogen) atoms. The van der Waals surface area contributed by atoms with Crippen molar-refractivity contribution in [3.63, 3.8) is 0 Å². The van der Waals surface area contributed by atoms with Gasteiger partial charge in [0.25, 0.3) is 0 Å². The van der Waals surface area contributed by atoms with Crippen LogP contribution >= 0.6 is 12.2 Å². The summed E-state index contributed by atoms with van der Waals surface area (Å²) in [5, 5.41) is 9.01. The van der Waals surface area contributed by atoms with E-state index < -0.39 is 0 Å². The van der Waals surface area contributed by atoms with E-state index in [0.717, 1.165) is 37.3 Å². The fourth-order valence-corrected chi connectivity index (χ4v) is 2.53. The summed E-state index contributed by atoms with van der Waals surface area (Å²) in [5.74, 6) is 1.54. The predicted molar refractivity (Wildman–Crippen MR) is 76.8 cm³/mol. The predicted octanol–water partition coefficient (Wildman–Crippen LogP) is 1.31. The van der Waals surface area contributed by atoms with E-state index in [4.69, 9.17) is 23.1 Å². The van der Waals surface area contributed by atoms with Crippen molar-refractivity contribution >= 4 is 23.0 Å². The van der Waals surface area contributed by atoms with Gasteiger partial charge in [0.1, 0.15) is 10.8 Å². The summed E-state index contributed by atoms with van der Waals surface area (Å²) >= 11 is 4.91. The second kappa shape index (κ2) is 6.11. The minimum atomic E-state index is 0.270. The third kappa shape index (κ3) is 3.17. The molecule has 1 aromatic heterocycles. The molecular weight excluding hydrogens is 246 g/mol. The molecule has 2 heterocycles. The molecule has 2 rings (SSSR count). The standard InChI is InChI=1S/C13H19N3OS/c14-13(18)11-3-4-12(15-8-11)16-6-1-2-10(9-16)5-7-17/h3-4,8,10,17H,1-2,5-7,9H2,(H2,14,18). The molecule has 98 valence electrons. The Morgan fingerprint density at radius 3 is 3.00 bits per heavy atom. The molecule has 1 aromatic rings. The molecule has 0 spiro atoms. The summed E-state index contributed by atoms with van der Waals surface area (Å²) in [6.07, 6.45) is 4.96. The summed E-state index contributed by atoms with van der Waals surface area (Å²) in [7, 11) is 0. The lowest BCUT2D eigenvalue weighted by atomic mass is 9.95. The highest BCUT2D eigenvalue weighted by atomic mass is 32.1. The molecule has 4 nitrogen and oxygen atoms in total. The molecule has 0 aromatic carbocycles. The van der Waals surface area contributed by atoms with Crippen LogP contribution in [-0.4, -0.2) is 34.8 Å². The van der Waals surface area contributed by atoms with E-state index in [-0.39, 0.29) is 6.61 Å². The molecule has 0 amide bonds. The lowest BCUT2D eigenvalue weighted by molar-refractivity contribution is 0.244. The van der Waals surface area contributed by atoms with Crippen LogP contribution in [0, 0.1) is 5.92 Å². The largest absolute Gasteiger partial charge is 0.396 e. The van der Waals surface area contributed by atoms with Crippen LogP contribution in [0.2, 0.25) is 0 Å². The Kier molecular flexibility index (Phi) is 4.49. The zero-order chi connectivity index (χ0) is 13.0. The van der Waals surface area contributed by atoms with E-state index in [2.05, 4.69) is 9.88 Å². The van der Waals surface area contributed by atoms with Gasteiger partial charge < -0.3 is 15.7 Å². The van der Waals surface area contributed by atoms with E-state index in [0.29, 0.717) is 10.9 Å². The first kappa shape index (κ1) is 13.2. The highest BCUT2D eigenvalue weighted by Crippen LogP contribution is 2.23. The Hall–Kier alpha value is -1.20. The smallest absolute Gasteiger partial charge is 0.128 e. The average Bonchev–Trinajstić information content (AvgIpc) is 2.39. The van der Waals surface area contributed by atoms with Crippen molar-refractivity contribution in [1.82, 2.24) is 4.98 Å². The molecule has 0 bridgehead atoms. The highest BCUT2D eigenvalue weighted by Gasteiger charge is 2.20. The molecule has 1 fully saturated rings. The van der Waals surface area contributed by atoms with Crippen molar-refractivity contribution in [3.05, 3.63) is 23.9 Å². The molecular formula is C13H19N3OS. The number of nitrogens with zero attached hydrogens (tertiary/aromatic N) is 2. The van der Waals surface area contributed by atoms with E-state index in [1.165, 1.54) is 6.42 Å². The van der Waals surface area contributed by atoms with Gasteiger partial charge in [-0.2, -0.15) is 0 Å². The Balaban J connectivity index is 2.04. The van der Waals surface area contributed by atoms with Crippen molar-refractivity contribution in [2.75, 3.05) is 24.6 Å². The number of piperidine rings is 1. The maximum atomic E-state index is 9.01. The molecule has 1 unspecified atom stereocenters. The summed E-state index contributed by atoms with van der Waals surface area (Å²) in [6.45, 7) is 2.27. The minimum Gasteiger partial charge on any atom is -0.396 e. The molecule has 0 saturated carbocycles. The van der Waals surface area contributed by atoms with Crippen LogP contribution in [0.15, 0.2) is 18.3 Å². The second-order valence-corrected chi connectivity index (χ2v) is 5.18. The van der Waals surface area contributed by atoms with Gasteiger partial charge in [0.2, 0.25) is 0 Å². The van der Waals surface area contributed by atoms with Gasteiger partial charge in [0.15, 0.2) is 0 Å². The van der Waals surface area contributed by atoms with Crippen LogP contribution in [0.4, 0.5) is 5.82 Å². The van der Waals surface area contributed by atoms with Gasteiger partial charge in [-0.25, -0.2) is 4.98 Å². The SMILES string of the molecule is NC(=S)c1ccc(N2CCCC(CCO)C2)nc1. The Labute approximate surface area is 113 Å². The highest BCUT2D eigenvalue weighted by molar-refractivity contribution is 7.80. The summed E-state index contributed by atoms with van der Waals surface area (Å²) < 4.78 is 0. The third-order valence-corrected chi connectivity index (χ3v) is 3.65. The van der Waals surface area contributed by atoms with Gasteiger partial charge in [0, 0.05) is 31.5 Å². The van der Waals surface area contributed by atoms with Crippen molar-refractivity contribution in [1.29, 1.82) is 0 Å². The molecule has 1 aliphatic rings. The van der Waals surface area contributed by atoms with Crippen molar-refractivity contribution in [3.8, 4) is 0 Å². The first-order chi connectivity index (χ1) is 8.70. The van der Waals surface area contributed by atoms with Gasteiger partial charge in [-0.05, 0) is 37.3 Å². The number of aromatic nitrogens is 1. The van der Waals surface area contributed by atoms with Gasteiger partial charge >= 0.3 is 0 Å². The second-order valence-electron chi connectivity index (χ2n) is 4.74. The van der Waals surface area contributed by atoms with Gasteiger partial charge in [0.05, 0.1) is 0 Å². The van der Waals surface area contributed by atoms with Crippen molar-refractivity contribution in [2.45, 2.75) is 19.3 Å². The molecule has 1 saturated heterocycles. The Bertz CT molecular complexity index is 405. The fraction of sp³-hybridized carbons (Fsp3) is 0.538. The number of hydrogen-bond acceptors (Lipinski definition) is 4. The Morgan fingerprint density at radius 2 is 2.39 bits per heavy atom. The van der Waals surface area contributed by atoms with Crippen LogP contribution in [0.5, 0.6) is 0 Å². The normalized spacial score (nSPS) is 19.8. The first-order valence-electron chi connectivity index (χ1n) is 6.32. The van der Waals surface area contributed by atoms with Gasteiger partial charge in [-0.3, -0.25) is 0 Å². The van der Waals surface area contributed by atoms with Crippen molar-refractivity contribution < 1.29 is 5.11 Å². The number of aliphatic hydroxyl groups is 1. The van der Waals surface area contributed by atoms with Gasteiger partial charge in [-0.1, -0.05) is 12.2 Å². The first-order valence-corrected chi connectivity index (χ1v) is 6.73. The molecule has 3 N–H and O–H groups in total. The zero-order valence-corrected chi connectivity index (χ0v) is 11.2. The monoisotopic (exact) mass is 265 g/mol. The molecule has 0 radical (unpaired) electrons. The molecule has 1 aliphatic heterocycles. The maximum absolute atomic E-state index is 9.01. The lowest BCUT2D eigenvalue weighted by Crippen LogP contribution is -2.36. The fourth-order valence-electron chi connectivity index (χ4n) is 2.41. The third-order valence-electron chi connectivity index (χ3n) is 3.41. The number of hydrogen-bond donors (Lipinski definition) is 2. The number of rotatable bonds is 4. The van der Waals surface area contributed by atoms with E-state index in [9.17, 15) is 0 Å². The number of nitrogens with two attached hydrogens (primary N) is 1. The summed E-state index contributed by atoms with van der Waals surface area (Å²) in [5.41, 5.74) is 6.36. The minimum absolute atomic E-state index is 0.270. The average molecular weight is 265 g/mol. The quantitative estimate of drug-likeness (QED) is 0.804. The topological polar surface area (TPSA) is 62.4 Å². The van der Waals surface area contributed by atoms with E-state index in [1.807, 2.05) is 12.1 Å². The van der Waals surface area contributed by atoms with Crippen LogP contribution < -0.4 is 10.6 Å². The molecule has 5 heteroatoms. The van der Waals surface area contributed by atoms with Gasteiger partial charge in [-0.15, -0.1) is 0 Å². The number of pyridine rings is 1. The van der Waals surface area contributed by atoms with E-state index in [1.54, 1.807) is 6.20 Å². The zero-order valence-electron chi connectivity index (χ0n) is 10.4. The number of thiocarbonyl (C=S) groups is 1.